The second kappa shape index (κ2) is 9.84. The monoisotopic (exact) mass is 413 g/mol. The summed E-state index contributed by atoms with van der Waals surface area (Å²) in [6, 6.07) is 18.7. The smallest absolute Gasteiger partial charge is 0.137 e. The van der Waals surface area contributed by atoms with E-state index in [4.69, 9.17) is 0 Å². The number of benzene rings is 2. The minimum Gasteiger partial charge on any atom is -0.395 e. The Morgan fingerprint density at radius 2 is 1.81 bits per heavy atom. The molecule has 2 aromatic carbocycles. The summed E-state index contributed by atoms with van der Waals surface area (Å²) in [5.41, 5.74) is 7.34. The Morgan fingerprint density at radius 3 is 2.48 bits per heavy atom. The van der Waals surface area contributed by atoms with Gasteiger partial charge < -0.3 is 5.11 Å². The molecule has 3 nitrogen and oxygen atoms in total. The van der Waals surface area contributed by atoms with Gasteiger partial charge in [0.1, 0.15) is 5.78 Å². The molecule has 0 radical (unpaired) electrons. The molecule has 0 aliphatic carbocycles. The highest BCUT2D eigenvalue weighted by atomic mass is 16.3. The molecule has 3 heteroatoms. The molecule has 0 fully saturated rings. The summed E-state index contributed by atoms with van der Waals surface area (Å²) < 4.78 is 0. The number of carbonyl (C=O) groups is 1. The van der Waals surface area contributed by atoms with Crippen LogP contribution in [0.1, 0.15) is 48.1 Å². The van der Waals surface area contributed by atoms with Gasteiger partial charge in [-0.15, -0.1) is 0 Å². The fourth-order valence-electron chi connectivity index (χ4n) is 3.62. The van der Waals surface area contributed by atoms with Crippen molar-refractivity contribution in [2.24, 2.45) is 5.41 Å². The van der Waals surface area contributed by atoms with E-state index in [0.29, 0.717) is 6.42 Å². The third kappa shape index (κ3) is 5.36. The van der Waals surface area contributed by atoms with Crippen LogP contribution in [-0.4, -0.2) is 22.5 Å². The van der Waals surface area contributed by atoms with Crippen molar-refractivity contribution < 1.29 is 9.90 Å². The highest BCUT2D eigenvalue weighted by Gasteiger charge is 2.28. The quantitative estimate of drug-likeness (QED) is 0.457. The molecule has 3 aromatic rings. The number of pyridine rings is 1. The number of aliphatic hydroxyl groups excluding tert-OH is 1. The maximum Gasteiger partial charge on any atom is 0.137 e. The number of aromatic nitrogens is 1. The molecule has 0 saturated heterocycles. The van der Waals surface area contributed by atoms with Crippen molar-refractivity contribution in [3.8, 4) is 11.3 Å². The molecule has 0 bridgehead atoms. The van der Waals surface area contributed by atoms with Gasteiger partial charge in [0.05, 0.1) is 12.3 Å². The van der Waals surface area contributed by atoms with E-state index in [1.165, 1.54) is 16.7 Å². The first-order valence-corrected chi connectivity index (χ1v) is 10.7. The first-order valence-electron chi connectivity index (χ1n) is 10.7. The van der Waals surface area contributed by atoms with Gasteiger partial charge in [0.15, 0.2) is 0 Å². The normalized spacial score (nSPS) is 13.3. The lowest BCUT2D eigenvalue weighted by atomic mass is 9.81. The van der Waals surface area contributed by atoms with Gasteiger partial charge in [0.25, 0.3) is 0 Å². The molecule has 1 heterocycles. The summed E-state index contributed by atoms with van der Waals surface area (Å²) in [6.45, 7) is 7.51. The third-order valence-electron chi connectivity index (χ3n) is 6.27. The van der Waals surface area contributed by atoms with Crippen LogP contribution in [0.5, 0.6) is 0 Å². The Balaban J connectivity index is 1.83. The summed E-state index contributed by atoms with van der Waals surface area (Å²) >= 11 is 0. The van der Waals surface area contributed by atoms with Crippen molar-refractivity contribution in [2.45, 2.75) is 40.5 Å². The standard InChI is InChI=1S/C28H31NO2/c1-20-11-12-23(15-16-28(4,19-30)22(3)31)18-25(20)14-13-24-8-7-9-26(21(24)2)27-10-5-6-17-29-27/h5-14,17-18,30H,15-16,19H2,1-4H3/b14-13+/t28-/m0/s1. The van der Waals surface area contributed by atoms with E-state index in [1.54, 1.807) is 6.92 Å². The van der Waals surface area contributed by atoms with Crippen molar-refractivity contribution in [3.63, 3.8) is 0 Å². The van der Waals surface area contributed by atoms with Gasteiger partial charge in [-0.3, -0.25) is 9.78 Å². The Kier molecular flexibility index (Phi) is 7.19. The zero-order valence-electron chi connectivity index (χ0n) is 18.9. The van der Waals surface area contributed by atoms with Crippen molar-refractivity contribution in [2.75, 3.05) is 6.61 Å². The lowest BCUT2D eigenvalue weighted by Gasteiger charge is -2.24. The lowest BCUT2D eigenvalue weighted by Crippen LogP contribution is -2.30. The summed E-state index contributed by atoms with van der Waals surface area (Å²) in [5, 5.41) is 9.64. The van der Waals surface area contributed by atoms with Crippen LogP contribution in [0.2, 0.25) is 0 Å². The summed E-state index contributed by atoms with van der Waals surface area (Å²) in [5.74, 6) is 0.0329. The van der Waals surface area contributed by atoms with Crippen LogP contribution in [0, 0.1) is 19.3 Å². The molecule has 0 aliphatic heterocycles. The second-order valence-corrected chi connectivity index (χ2v) is 8.53. The molecule has 160 valence electrons. The number of Topliss-reactive ketones (excluding diaryl/α,β-unsaturated/α-hetero) is 1. The van der Waals surface area contributed by atoms with Crippen LogP contribution < -0.4 is 0 Å². The molecule has 0 unspecified atom stereocenters. The number of hydrogen-bond acceptors (Lipinski definition) is 3. The van der Waals surface area contributed by atoms with Crippen LogP contribution in [0.3, 0.4) is 0 Å². The molecule has 0 spiro atoms. The number of aryl methyl sites for hydroxylation is 2. The summed E-state index contributed by atoms with van der Waals surface area (Å²) in [6.07, 6.45) is 7.52. The lowest BCUT2D eigenvalue weighted by molar-refractivity contribution is -0.128. The SMILES string of the molecule is CC(=O)[C@](C)(CO)CCc1ccc(C)c(/C=C/c2cccc(-c3ccccn3)c2C)c1. The van der Waals surface area contributed by atoms with Crippen LogP contribution in [-0.2, 0) is 11.2 Å². The second-order valence-electron chi connectivity index (χ2n) is 8.53. The fraction of sp³-hybridized carbons (Fsp3) is 0.286. The van der Waals surface area contributed by atoms with E-state index in [2.05, 4.69) is 67.4 Å². The van der Waals surface area contributed by atoms with Gasteiger partial charge in [-0.05, 0) is 73.6 Å². The molecule has 0 amide bonds. The Morgan fingerprint density at radius 1 is 1.03 bits per heavy atom. The number of nitrogens with zero attached hydrogens (tertiary/aromatic N) is 1. The van der Waals surface area contributed by atoms with Gasteiger partial charge in [-0.25, -0.2) is 0 Å². The van der Waals surface area contributed by atoms with Gasteiger partial charge in [0, 0.05) is 17.2 Å². The average Bonchev–Trinajstić information content (AvgIpc) is 2.78. The Hall–Kier alpha value is -3.04. The largest absolute Gasteiger partial charge is 0.395 e. The summed E-state index contributed by atoms with van der Waals surface area (Å²) in [7, 11) is 0. The van der Waals surface area contributed by atoms with E-state index in [-0.39, 0.29) is 12.4 Å². The number of ketones is 1. The molecule has 3 rings (SSSR count). The molecular weight excluding hydrogens is 382 g/mol. The molecule has 0 saturated carbocycles. The van der Waals surface area contributed by atoms with Crippen LogP contribution >= 0.6 is 0 Å². The van der Waals surface area contributed by atoms with Crippen LogP contribution in [0.15, 0.2) is 60.8 Å². The highest BCUT2D eigenvalue weighted by Crippen LogP contribution is 2.27. The first-order chi connectivity index (χ1) is 14.8. The van der Waals surface area contributed by atoms with Crippen LogP contribution in [0.4, 0.5) is 0 Å². The van der Waals surface area contributed by atoms with E-state index < -0.39 is 5.41 Å². The van der Waals surface area contributed by atoms with E-state index in [0.717, 1.165) is 28.8 Å². The zero-order valence-corrected chi connectivity index (χ0v) is 18.9. The van der Waals surface area contributed by atoms with Crippen molar-refractivity contribution in [1.29, 1.82) is 0 Å². The first kappa shape index (κ1) is 22.6. The molecule has 31 heavy (non-hydrogen) atoms. The summed E-state index contributed by atoms with van der Waals surface area (Å²) in [4.78, 5) is 16.4. The number of carbonyl (C=O) groups excluding carboxylic acids is 1. The van der Waals surface area contributed by atoms with Crippen molar-refractivity contribution >= 4 is 17.9 Å². The van der Waals surface area contributed by atoms with Gasteiger partial charge in [-0.2, -0.15) is 0 Å². The molecular formula is C28H31NO2. The van der Waals surface area contributed by atoms with Crippen molar-refractivity contribution in [1.82, 2.24) is 4.98 Å². The predicted molar refractivity (Wildman–Crippen MR) is 129 cm³/mol. The van der Waals surface area contributed by atoms with Gasteiger partial charge >= 0.3 is 0 Å². The third-order valence-corrected chi connectivity index (χ3v) is 6.27. The Labute approximate surface area is 185 Å². The maximum absolute atomic E-state index is 11.9. The minimum atomic E-state index is -0.677. The molecule has 1 N–H and O–H groups in total. The number of aliphatic hydroxyl groups is 1. The zero-order chi connectivity index (χ0) is 22.4. The van der Waals surface area contributed by atoms with Crippen LogP contribution in [0.25, 0.3) is 23.4 Å². The molecule has 0 aliphatic rings. The maximum atomic E-state index is 11.9. The molecule has 1 atom stereocenters. The fourth-order valence-corrected chi connectivity index (χ4v) is 3.62. The predicted octanol–water partition coefficient (Wildman–Crippen LogP) is 6.06. The minimum absolute atomic E-state index is 0.0329. The van der Waals surface area contributed by atoms with E-state index in [1.807, 2.05) is 31.3 Å². The topological polar surface area (TPSA) is 50.2 Å². The molecule has 1 aromatic heterocycles. The van der Waals surface area contributed by atoms with Gasteiger partial charge in [0.2, 0.25) is 0 Å². The van der Waals surface area contributed by atoms with Crippen molar-refractivity contribution in [3.05, 3.63) is 88.6 Å². The van der Waals surface area contributed by atoms with Gasteiger partial charge in [-0.1, -0.05) is 61.5 Å². The Bertz CT molecular complexity index is 1090. The number of rotatable bonds is 8. The average molecular weight is 414 g/mol. The number of hydrogen-bond donors (Lipinski definition) is 1. The highest BCUT2D eigenvalue weighted by molar-refractivity contribution is 5.82. The van der Waals surface area contributed by atoms with E-state index >= 15 is 0 Å². The van der Waals surface area contributed by atoms with E-state index in [9.17, 15) is 9.90 Å².